The van der Waals surface area contributed by atoms with Crippen molar-refractivity contribution in [2.45, 2.75) is 19.8 Å². The summed E-state index contributed by atoms with van der Waals surface area (Å²) in [4.78, 5) is 15.3. The Balaban J connectivity index is 1.57. The van der Waals surface area contributed by atoms with Gasteiger partial charge < -0.3 is 9.64 Å². The molecule has 2 aromatic heterocycles. The highest BCUT2D eigenvalue weighted by Crippen LogP contribution is 2.20. The van der Waals surface area contributed by atoms with Gasteiger partial charge in [0.25, 0.3) is 0 Å². The molecule has 2 aromatic rings. The van der Waals surface area contributed by atoms with Crippen molar-refractivity contribution in [1.82, 2.24) is 15.0 Å². The Morgan fingerprint density at radius 3 is 2.90 bits per heavy atom. The molecule has 5 heteroatoms. The van der Waals surface area contributed by atoms with Gasteiger partial charge >= 0.3 is 0 Å². The van der Waals surface area contributed by atoms with Crippen LogP contribution >= 0.6 is 0 Å². The third-order valence-corrected chi connectivity index (χ3v) is 3.68. The van der Waals surface area contributed by atoms with Crippen LogP contribution < -0.4 is 9.64 Å². The number of rotatable bonds is 4. The molecule has 0 N–H and O–H groups in total. The van der Waals surface area contributed by atoms with Crippen molar-refractivity contribution in [3.8, 4) is 5.88 Å². The van der Waals surface area contributed by atoms with Crippen molar-refractivity contribution < 1.29 is 4.74 Å². The van der Waals surface area contributed by atoms with E-state index >= 15 is 0 Å². The summed E-state index contributed by atoms with van der Waals surface area (Å²) in [6.07, 6.45) is 5.90. The molecule has 0 saturated carbocycles. The minimum Gasteiger partial charge on any atom is -0.477 e. The van der Waals surface area contributed by atoms with Crippen molar-refractivity contribution >= 4 is 5.95 Å². The summed E-state index contributed by atoms with van der Waals surface area (Å²) in [7, 11) is 0. The van der Waals surface area contributed by atoms with E-state index in [1.54, 1.807) is 12.4 Å². The zero-order chi connectivity index (χ0) is 14.5. The van der Waals surface area contributed by atoms with E-state index in [4.69, 9.17) is 4.74 Å². The first-order chi connectivity index (χ1) is 10.3. The maximum Gasteiger partial charge on any atom is 0.225 e. The third-order valence-electron chi connectivity index (χ3n) is 3.68. The number of pyridine rings is 1. The molecular weight excluding hydrogens is 264 g/mol. The predicted octanol–water partition coefficient (Wildman–Crippen LogP) is 2.48. The lowest BCUT2D eigenvalue weighted by atomic mass is 9.99. The van der Waals surface area contributed by atoms with Gasteiger partial charge in [-0.1, -0.05) is 6.07 Å². The van der Waals surface area contributed by atoms with Crippen molar-refractivity contribution in [3.05, 3.63) is 42.4 Å². The Bertz CT molecular complexity index is 575. The van der Waals surface area contributed by atoms with Gasteiger partial charge in [-0.3, -0.25) is 0 Å². The normalized spacial score (nSPS) is 18.5. The quantitative estimate of drug-likeness (QED) is 0.863. The van der Waals surface area contributed by atoms with Crippen molar-refractivity contribution in [1.29, 1.82) is 0 Å². The minimum atomic E-state index is 0.491. The summed E-state index contributed by atoms with van der Waals surface area (Å²) < 4.78 is 5.83. The molecule has 0 amide bonds. The van der Waals surface area contributed by atoms with Crippen molar-refractivity contribution in [2.75, 3.05) is 24.6 Å². The number of hydrogen-bond donors (Lipinski definition) is 0. The molecule has 0 aromatic carbocycles. The van der Waals surface area contributed by atoms with E-state index in [1.807, 2.05) is 31.2 Å². The first-order valence-corrected chi connectivity index (χ1v) is 7.40. The maximum atomic E-state index is 5.83. The van der Waals surface area contributed by atoms with E-state index in [0.717, 1.165) is 31.2 Å². The van der Waals surface area contributed by atoms with Crippen molar-refractivity contribution in [2.24, 2.45) is 5.92 Å². The van der Waals surface area contributed by atoms with Gasteiger partial charge in [-0.2, -0.15) is 0 Å². The van der Waals surface area contributed by atoms with Gasteiger partial charge in [0.2, 0.25) is 11.8 Å². The molecule has 0 bridgehead atoms. The average Bonchev–Trinajstić information content (AvgIpc) is 2.54. The number of ether oxygens (including phenoxy) is 1. The second-order valence-corrected chi connectivity index (χ2v) is 5.43. The maximum absolute atomic E-state index is 5.83. The van der Waals surface area contributed by atoms with Gasteiger partial charge in [0.05, 0.1) is 6.61 Å². The van der Waals surface area contributed by atoms with E-state index < -0.39 is 0 Å². The van der Waals surface area contributed by atoms with Gasteiger partial charge in [-0.15, -0.1) is 0 Å². The largest absolute Gasteiger partial charge is 0.477 e. The molecule has 21 heavy (non-hydrogen) atoms. The van der Waals surface area contributed by atoms with Gasteiger partial charge in [0.1, 0.15) is 0 Å². The number of nitrogens with zero attached hydrogens (tertiary/aromatic N) is 4. The molecule has 1 saturated heterocycles. The van der Waals surface area contributed by atoms with Gasteiger partial charge in [-0.05, 0) is 31.9 Å². The number of anilines is 1. The Morgan fingerprint density at radius 2 is 2.10 bits per heavy atom. The van der Waals surface area contributed by atoms with Crippen LogP contribution in [0.15, 0.2) is 36.7 Å². The molecule has 1 unspecified atom stereocenters. The highest BCUT2D eigenvalue weighted by atomic mass is 16.5. The second kappa shape index (κ2) is 6.52. The molecule has 5 nitrogen and oxygen atoms in total. The molecule has 0 radical (unpaired) electrons. The van der Waals surface area contributed by atoms with E-state index in [-0.39, 0.29) is 0 Å². The fourth-order valence-electron chi connectivity index (χ4n) is 2.64. The molecule has 3 heterocycles. The van der Waals surface area contributed by atoms with Crippen LogP contribution in [0.25, 0.3) is 0 Å². The summed E-state index contributed by atoms with van der Waals surface area (Å²) in [5.41, 5.74) is 0.982. The van der Waals surface area contributed by atoms with Crippen LogP contribution in [0, 0.1) is 12.8 Å². The standard InChI is InChI=1S/C16H20N4O/c1-13-5-2-7-15(19-13)21-12-14-6-3-10-20(11-14)16-17-8-4-9-18-16/h2,4-5,7-9,14H,3,6,10-12H2,1H3. The first-order valence-electron chi connectivity index (χ1n) is 7.40. The summed E-state index contributed by atoms with van der Waals surface area (Å²) >= 11 is 0. The zero-order valence-corrected chi connectivity index (χ0v) is 12.3. The van der Waals surface area contributed by atoms with Crippen molar-refractivity contribution in [3.63, 3.8) is 0 Å². The second-order valence-electron chi connectivity index (χ2n) is 5.43. The van der Waals surface area contributed by atoms with E-state index in [0.29, 0.717) is 18.4 Å². The van der Waals surface area contributed by atoms with Gasteiger partial charge in [0.15, 0.2) is 0 Å². The zero-order valence-electron chi connectivity index (χ0n) is 12.3. The topological polar surface area (TPSA) is 51.1 Å². The van der Waals surface area contributed by atoms with E-state index in [9.17, 15) is 0 Å². The fraction of sp³-hybridized carbons (Fsp3) is 0.438. The molecule has 1 aliphatic heterocycles. The van der Waals surface area contributed by atoms with E-state index in [2.05, 4.69) is 19.9 Å². The summed E-state index contributed by atoms with van der Waals surface area (Å²) in [5, 5.41) is 0. The Kier molecular flexibility index (Phi) is 4.28. The number of aryl methyl sites for hydroxylation is 1. The van der Waals surface area contributed by atoms with Crippen LogP contribution in [0.3, 0.4) is 0 Å². The molecule has 1 fully saturated rings. The van der Waals surface area contributed by atoms with Crippen LogP contribution in [-0.4, -0.2) is 34.6 Å². The lowest BCUT2D eigenvalue weighted by Crippen LogP contribution is -2.38. The van der Waals surface area contributed by atoms with Gasteiger partial charge in [0, 0.05) is 43.2 Å². The monoisotopic (exact) mass is 284 g/mol. The predicted molar refractivity (Wildman–Crippen MR) is 81.4 cm³/mol. The summed E-state index contributed by atoms with van der Waals surface area (Å²) in [6.45, 7) is 4.63. The summed E-state index contributed by atoms with van der Waals surface area (Å²) in [5.74, 6) is 2.02. The molecule has 0 aliphatic carbocycles. The molecule has 110 valence electrons. The Labute approximate surface area is 125 Å². The van der Waals surface area contributed by atoms with Crippen LogP contribution in [-0.2, 0) is 0 Å². The van der Waals surface area contributed by atoms with Crippen LogP contribution in [0.4, 0.5) is 5.95 Å². The molecule has 1 aliphatic rings. The van der Waals surface area contributed by atoms with Crippen LogP contribution in [0.2, 0.25) is 0 Å². The SMILES string of the molecule is Cc1cccc(OCC2CCCN(c3ncccn3)C2)n1. The molecular formula is C16H20N4O. The highest BCUT2D eigenvalue weighted by molar-refractivity contribution is 5.29. The lowest BCUT2D eigenvalue weighted by Gasteiger charge is -2.32. The Morgan fingerprint density at radius 1 is 1.24 bits per heavy atom. The lowest BCUT2D eigenvalue weighted by molar-refractivity contribution is 0.221. The summed E-state index contributed by atoms with van der Waals surface area (Å²) in [6, 6.07) is 7.70. The smallest absolute Gasteiger partial charge is 0.225 e. The van der Waals surface area contributed by atoms with E-state index in [1.165, 1.54) is 6.42 Å². The molecule has 3 rings (SSSR count). The number of hydrogen-bond acceptors (Lipinski definition) is 5. The molecule has 0 spiro atoms. The first kappa shape index (κ1) is 13.8. The molecule has 1 atom stereocenters. The number of piperidine rings is 1. The Hall–Kier alpha value is -2.17. The third kappa shape index (κ3) is 3.68. The van der Waals surface area contributed by atoms with Crippen LogP contribution in [0.5, 0.6) is 5.88 Å². The van der Waals surface area contributed by atoms with Gasteiger partial charge in [-0.25, -0.2) is 15.0 Å². The number of aromatic nitrogens is 3. The van der Waals surface area contributed by atoms with Crippen LogP contribution in [0.1, 0.15) is 18.5 Å². The highest BCUT2D eigenvalue weighted by Gasteiger charge is 2.22. The fourth-order valence-corrected chi connectivity index (χ4v) is 2.64. The average molecular weight is 284 g/mol. The minimum absolute atomic E-state index is 0.491.